The van der Waals surface area contributed by atoms with Crippen molar-refractivity contribution in [1.29, 1.82) is 0 Å². The lowest BCUT2D eigenvalue weighted by atomic mass is 10.0. The van der Waals surface area contributed by atoms with Crippen molar-refractivity contribution in [2.75, 3.05) is 5.73 Å². The molecule has 3 heteroatoms. The van der Waals surface area contributed by atoms with Gasteiger partial charge in [-0.3, -0.25) is 0 Å². The standard InChI is InChI=1S/C9H10NO2/c1-2-6-4-3-5-7(10)8(6)9(11)12/h3-5H,1-2,10H2,(H,11,12). The molecule has 3 nitrogen and oxygen atoms in total. The fourth-order valence-electron chi connectivity index (χ4n) is 1.09. The van der Waals surface area contributed by atoms with Gasteiger partial charge in [0.1, 0.15) is 0 Å². The van der Waals surface area contributed by atoms with E-state index in [-0.39, 0.29) is 5.56 Å². The van der Waals surface area contributed by atoms with Gasteiger partial charge in [-0.05, 0) is 25.0 Å². The van der Waals surface area contributed by atoms with Crippen LogP contribution in [0.2, 0.25) is 0 Å². The van der Waals surface area contributed by atoms with E-state index in [1.165, 1.54) is 0 Å². The molecule has 0 aliphatic heterocycles. The summed E-state index contributed by atoms with van der Waals surface area (Å²) < 4.78 is 0. The van der Waals surface area contributed by atoms with Crippen molar-refractivity contribution in [2.45, 2.75) is 6.42 Å². The SMILES string of the molecule is [CH2]Cc1cccc(N)c1C(=O)O. The molecule has 1 radical (unpaired) electrons. The largest absolute Gasteiger partial charge is 0.478 e. The molecule has 0 amide bonds. The highest BCUT2D eigenvalue weighted by atomic mass is 16.4. The molecule has 0 heterocycles. The van der Waals surface area contributed by atoms with Crippen LogP contribution in [-0.4, -0.2) is 11.1 Å². The maximum atomic E-state index is 10.7. The molecule has 0 unspecified atom stereocenters. The molecule has 0 aliphatic carbocycles. The van der Waals surface area contributed by atoms with Crippen LogP contribution in [0.5, 0.6) is 0 Å². The van der Waals surface area contributed by atoms with Gasteiger partial charge in [-0.15, -0.1) is 0 Å². The van der Waals surface area contributed by atoms with E-state index in [1.807, 2.05) is 0 Å². The predicted octanol–water partition coefficient (Wildman–Crippen LogP) is 1.34. The number of nitrogens with two attached hydrogens (primary N) is 1. The Hall–Kier alpha value is -1.51. The van der Waals surface area contributed by atoms with E-state index in [0.717, 1.165) is 0 Å². The Balaban J connectivity index is 3.29. The van der Waals surface area contributed by atoms with Crippen molar-refractivity contribution in [3.05, 3.63) is 36.2 Å². The third-order valence-corrected chi connectivity index (χ3v) is 1.67. The van der Waals surface area contributed by atoms with Gasteiger partial charge in [-0.2, -0.15) is 0 Å². The first kappa shape index (κ1) is 8.59. The molecule has 0 spiro atoms. The van der Waals surface area contributed by atoms with E-state index in [1.54, 1.807) is 18.2 Å². The van der Waals surface area contributed by atoms with Crippen LogP contribution in [0.3, 0.4) is 0 Å². The Morgan fingerprint density at radius 3 is 2.67 bits per heavy atom. The van der Waals surface area contributed by atoms with E-state index in [2.05, 4.69) is 6.92 Å². The lowest BCUT2D eigenvalue weighted by Gasteiger charge is -2.05. The lowest BCUT2D eigenvalue weighted by Crippen LogP contribution is -2.06. The number of hydrogen-bond acceptors (Lipinski definition) is 2. The highest BCUT2D eigenvalue weighted by Gasteiger charge is 2.11. The van der Waals surface area contributed by atoms with Gasteiger partial charge in [0.05, 0.1) is 5.56 Å². The van der Waals surface area contributed by atoms with Gasteiger partial charge in [-0.25, -0.2) is 4.79 Å². The Kier molecular flexibility index (Phi) is 2.33. The maximum absolute atomic E-state index is 10.7. The second-order valence-electron chi connectivity index (χ2n) is 2.44. The number of nitrogen functional groups attached to an aromatic ring is 1. The van der Waals surface area contributed by atoms with E-state index >= 15 is 0 Å². The zero-order valence-electron chi connectivity index (χ0n) is 6.58. The second-order valence-corrected chi connectivity index (χ2v) is 2.44. The van der Waals surface area contributed by atoms with Crippen LogP contribution in [0.25, 0.3) is 0 Å². The van der Waals surface area contributed by atoms with E-state index in [0.29, 0.717) is 17.7 Å². The molecule has 12 heavy (non-hydrogen) atoms. The van der Waals surface area contributed by atoms with Gasteiger partial charge in [-0.1, -0.05) is 12.1 Å². The number of rotatable bonds is 2. The third kappa shape index (κ3) is 1.39. The highest BCUT2D eigenvalue weighted by molar-refractivity contribution is 5.95. The number of carbonyl (C=O) groups is 1. The fourth-order valence-corrected chi connectivity index (χ4v) is 1.09. The van der Waals surface area contributed by atoms with Crippen LogP contribution in [0, 0.1) is 6.92 Å². The van der Waals surface area contributed by atoms with Gasteiger partial charge >= 0.3 is 5.97 Å². The molecule has 0 aliphatic rings. The summed E-state index contributed by atoms with van der Waals surface area (Å²) in [4.78, 5) is 10.7. The first-order valence-corrected chi connectivity index (χ1v) is 3.56. The molecule has 0 bridgehead atoms. The summed E-state index contributed by atoms with van der Waals surface area (Å²) >= 11 is 0. The van der Waals surface area contributed by atoms with Gasteiger partial charge in [0.25, 0.3) is 0 Å². The lowest BCUT2D eigenvalue weighted by molar-refractivity contribution is 0.0697. The second kappa shape index (κ2) is 3.26. The van der Waals surface area contributed by atoms with Crippen LogP contribution in [0.4, 0.5) is 5.69 Å². The van der Waals surface area contributed by atoms with Crippen LogP contribution in [0.1, 0.15) is 15.9 Å². The molecular formula is C9H10NO2. The molecule has 1 rings (SSSR count). The summed E-state index contributed by atoms with van der Waals surface area (Å²) in [7, 11) is 0. The molecule has 0 saturated heterocycles. The molecule has 1 aromatic carbocycles. The zero-order valence-corrected chi connectivity index (χ0v) is 6.58. The molecule has 3 N–H and O–H groups in total. The van der Waals surface area contributed by atoms with Crippen molar-refractivity contribution >= 4 is 11.7 Å². The molecule has 1 aromatic rings. The number of hydrogen-bond donors (Lipinski definition) is 2. The summed E-state index contributed by atoms with van der Waals surface area (Å²) in [5.41, 5.74) is 6.63. The average Bonchev–Trinajstić information content (AvgIpc) is 2.03. The summed E-state index contributed by atoms with van der Waals surface area (Å²) in [5.74, 6) is -0.994. The van der Waals surface area contributed by atoms with E-state index in [4.69, 9.17) is 10.8 Å². The van der Waals surface area contributed by atoms with Gasteiger partial charge in [0.15, 0.2) is 0 Å². The van der Waals surface area contributed by atoms with Crippen LogP contribution in [0.15, 0.2) is 18.2 Å². The van der Waals surface area contributed by atoms with Crippen molar-refractivity contribution in [1.82, 2.24) is 0 Å². The molecule has 63 valence electrons. The van der Waals surface area contributed by atoms with Gasteiger partial charge in [0, 0.05) is 5.69 Å². The fraction of sp³-hybridized carbons (Fsp3) is 0.111. The van der Waals surface area contributed by atoms with Gasteiger partial charge < -0.3 is 10.8 Å². The molecule has 0 fully saturated rings. The maximum Gasteiger partial charge on any atom is 0.338 e. The first-order chi connectivity index (χ1) is 5.66. The molecular weight excluding hydrogens is 154 g/mol. The smallest absolute Gasteiger partial charge is 0.338 e. The Labute approximate surface area is 70.8 Å². The van der Waals surface area contributed by atoms with Crippen LogP contribution < -0.4 is 5.73 Å². The summed E-state index contributed by atoms with van der Waals surface area (Å²) in [5, 5.41) is 8.77. The molecule has 0 atom stereocenters. The molecule has 0 aromatic heterocycles. The minimum absolute atomic E-state index is 0.174. The zero-order chi connectivity index (χ0) is 9.14. The summed E-state index contributed by atoms with van der Waals surface area (Å²) in [6.45, 7) is 3.62. The number of carboxylic acids is 1. The van der Waals surface area contributed by atoms with E-state index in [9.17, 15) is 4.79 Å². The topological polar surface area (TPSA) is 63.3 Å². The first-order valence-electron chi connectivity index (χ1n) is 3.56. The average molecular weight is 164 g/mol. The molecule has 0 saturated carbocycles. The number of carboxylic acid groups (broad SMARTS) is 1. The summed E-state index contributed by atoms with van der Waals surface area (Å²) in [6, 6.07) is 5.01. The Bertz CT molecular complexity index is 307. The quantitative estimate of drug-likeness (QED) is 0.648. The Morgan fingerprint density at radius 1 is 1.58 bits per heavy atom. The van der Waals surface area contributed by atoms with Crippen molar-refractivity contribution in [3.63, 3.8) is 0 Å². The van der Waals surface area contributed by atoms with Crippen molar-refractivity contribution < 1.29 is 9.90 Å². The van der Waals surface area contributed by atoms with Gasteiger partial charge in [0.2, 0.25) is 0 Å². The van der Waals surface area contributed by atoms with Crippen molar-refractivity contribution in [2.24, 2.45) is 0 Å². The minimum atomic E-state index is -0.994. The number of benzene rings is 1. The van der Waals surface area contributed by atoms with Crippen LogP contribution >= 0.6 is 0 Å². The number of aromatic carboxylic acids is 1. The minimum Gasteiger partial charge on any atom is -0.478 e. The number of anilines is 1. The van der Waals surface area contributed by atoms with Crippen molar-refractivity contribution in [3.8, 4) is 0 Å². The normalized spacial score (nSPS) is 9.75. The van der Waals surface area contributed by atoms with E-state index < -0.39 is 5.97 Å². The van der Waals surface area contributed by atoms with Crippen LogP contribution in [-0.2, 0) is 6.42 Å². The predicted molar refractivity (Wildman–Crippen MR) is 46.9 cm³/mol. The monoisotopic (exact) mass is 164 g/mol. The Morgan fingerprint density at radius 2 is 2.25 bits per heavy atom. The highest BCUT2D eigenvalue weighted by Crippen LogP contribution is 2.16. The third-order valence-electron chi connectivity index (χ3n) is 1.67. The summed E-state index contributed by atoms with van der Waals surface area (Å²) in [6.07, 6.45) is 0.437.